The molecular weight excluding hydrogens is 266 g/mol. The first-order valence-electron chi connectivity index (χ1n) is 5.70. The van der Waals surface area contributed by atoms with Gasteiger partial charge in [0, 0.05) is 25.4 Å². The summed E-state index contributed by atoms with van der Waals surface area (Å²) >= 11 is 5.65. The number of carbonyl (C=O) groups excluding carboxylic acids is 2. The fourth-order valence-corrected chi connectivity index (χ4v) is 2.77. The number of halogens is 3. The topological polar surface area (TPSA) is 49.4 Å². The lowest BCUT2D eigenvalue weighted by atomic mass is 9.86. The minimum Gasteiger partial charge on any atom is -0.357 e. The van der Waals surface area contributed by atoms with E-state index in [1.54, 1.807) is 0 Å². The Morgan fingerprint density at radius 2 is 2.28 bits per heavy atom. The summed E-state index contributed by atoms with van der Waals surface area (Å²) in [4.78, 5) is 24.2. The van der Waals surface area contributed by atoms with Crippen molar-refractivity contribution >= 4 is 23.9 Å². The van der Waals surface area contributed by atoms with Gasteiger partial charge in [-0.3, -0.25) is 9.59 Å². The number of nitrogens with one attached hydrogen (secondary N) is 1. The Labute approximate surface area is 110 Å². The minimum absolute atomic E-state index is 0.0678. The molecule has 1 aliphatic rings. The zero-order valence-electron chi connectivity index (χ0n) is 10.4. The van der Waals surface area contributed by atoms with Crippen molar-refractivity contribution in [1.29, 1.82) is 0 Å². The van der Waals surface area contributed by atoms with Crippen molar-refractivity contribution in [2.75, 3.05) is 19.5 Å². The van der Waals surface area contributed by atoms with Crippen LogP contribution in [0.2, 0.25) is 0 Å². The molecule has 2 atom stereocenters. The van der Waals surface area contributed by atoms with E-state index in [4.69, 9.17) is 11.6 Å². The fraction of sp³-hybridized carbons (Fsp3) is 0.818. The summed E-state index contributed by atoms with van der Waals surface area (Å²) in [6.45, 7) is 0.679. The molecular formula is C11H17ClF2N2O2. The number of hydrogen-bond acceptors (Lipinski definition) is 2. The lowest BCUT2D eigenvalue weighted by Crippen LogP contribution is -2.54. The van der Waals surface area contributed by atoms with Crippen LogP contribution in [0, 0.1) is 5.92 Å². The van der Waals surface area contributed by atoms with Gasteiger partial charge in [0.05, 0.1) is 0 Å². The zero-order chi connectivity index (χ0) is 14.0. The molecule has 4 nitrogen and oxygen atoms in total. The van der Waals surface area contributed by atoms with E-state index < -0.39 is 23.3 Å². The van der Waals surface area contributed by atoms with Crippen molar-refractivity contribution in [3.8, 4) is 0 Å². The molecule has 7 heteroatoms. The van der Waals surface area contributed by atoms with Gasteiger partial charge in [0.2, 0.25) is 18.2 Å². The average Bonchev–Trinajstić information content (AvgIpc) is 2.68. The summed E-state index contributed by atoms with van der Waals surface area (Å²) in [6.07, 6.45) is 0.550. The van der Waals surface area contributed by atoms with Crippen LogP contribution in [0.25, 0.3) is 0 Å². The molecule has 1 N–H and O–H groups in total. The summed E-state index contributed by atoms with van der Waals surface area (Å²) < 4.78 is 26.8. The van der Waals surface area contributed by atoms with Crippen molar-refractivity contribution in [3.05, 3.63) is 0 Å². The fourth-order valence-electron chi connectivity index (χ4n) is 2.46. The van der Waals surface area contributed by atoms with E-state index in [0.717, 1.165) is 11.8 Å². The predicted molar refractivity (Wildman–Crippen MR) is 63.6 cm³/mol. The van der Waals surface area contributed by atoms with Crippen LogP contribution < -0.4 is 5.32 Å². The molecule has 0 saturated carbocycles. The molecule has 0 spiro atoms. The third-order valence-electron chi connectivity index (χ3n) is 3.55. The first-order chi connectivity index (χ1) is 8.31. The highest BCUT2D eigenvalue weighted by Crippen LogP contribution is 2.42. The van der Waals surface area contributed by atoms with Crippen LogP contribution in [0.5, 0.6) is 0 Å². The van der Waals surface area contributed by atoms with E-state index in [1.165, 1.54) is 7.05 Å². The van der Waals surface area contributed by atoms with Gasteiger partial charge in [-0.05, 0) is 19.8 Å². The van der Waals surface area contributed by atoms with E-state index in [2.05, 4.69) is 5.32 Å². The zero-order valence-corrected chi connectivity index (χ0v) is 11.1. The minimum atomic E-state index is -2.93. The maximum atomic E-state index is 13.4. The number of likely N-dealkylation sites (N-methyl/N-ethyl adjacent to an activating group) is 1. The Balaban J connectivity index is 3.08. The van der Waals surface area contributed by atoms with E-state index in [9.17, 15) is 18.4 Å². The van der Waals surface area contributed by atoms with Gasteiger partial charge in [0.1, 0.15) is 5.54 Å². The summed E-state index contributed by atoms with van der Waals surface area (Å²) in [6, 6.07) is 0. The Kier molecular flexibility index (Phi) is 4.53. The monoisotopic (exact) mass is 282 g/mol. The van der Waals surface area contributed by atoms with Gasteiger partial charge >= 0.3 is 0 Å². The summed E-state index contributed by atoms with van der Waals surface area (Å²) in [7, 11) is 1.42. The second-order valence-corrected chi connectivity index (χ2v) is 5.04. The SMILES string of the molecule is CNC(=O)C1(CCCl)CC(C(C)(F)F)CN1C=O. The van der Waals surface area contributed by atoms with E-state index >= 15 is 0 Å². The Morgan fingerprint density at radius 3 is 2.67 bits per heavy atom. The number of hydrogen-bond donors (Lipinski definition) is 1. The molecule has 1 rings (SSSR count). The smallest absolute Gasteiger partial charge is 0.249 e. The van der Waals surface area contributed by atoms with Crippen LogP contribution in [0.1, 0.15) is 19.8 Å². The van der Waals surface area contributed by atoms with Gasteiger partial charge in [-0.1, -0.05) is 0 Å². The van der Waals surface area contributed by atoms with Gasteiger partial charge in [-0.2, -0.15) is 0 Å². The lowest BCUT2D eigenvalue weighted by Gasteiger charge is -2.33. The highest BCUT2D eigenvalue weighted by atomic mass is 35.5. The Morgan fingerprint density at radius 1 is 1.67 bits per heavy atom. The van der Waals surface area contributed by atoms with Crippen molar-refractivity contribution in [2.45, 2.75) is 31.2 Å². The summed E-state index contributed by atoms with van der Waals surface area (Å²) in [5.74, 6) is -4.27. The lowest BCUT2D eigenvalue weighted by molar-refractivity contribution is -0.138. The maximum absolute atomic E-state index is 13.4. The highest BCUT2D eigenvalue weighted by Gasteiger charge is 2.55. The molecule has 0 aromatic carbocycles. The third kappa shape index (κ3) is 2.58. The van der Waals surface area contributed by atoms with Crippen LogP contribution >= 0.6 is 11.6 Å². The second-order valence-electron chi connectivity index (χ2n) is 4.66. The van der Waals surface area contributed by atoms with Crippen LogP contribution in [-0.4, -0.2) is 48.2 Å². The maximum Gasteiger partial charge on any atom is 0.249 e. The van der Waals surface area contributed by atoms with Gasteiger partial charge in [-0.15, -0.1) is 11.6 Å². The van der Waals surface area contributed by atoms with Crippen molar-refractivity contribution in [2.24, 2.45) is 5.92 Å². The quantitative estimate of drug-likeness (QED) is 0.609. The molecule has 2 amide bonds. The molecule has 0 radical (unpaired) electrons. The summed E-state index contributed by atoms with van der Waals surface area (Å²) in [5, 5.41) is 2.43. The number of nitrogens with zero attached hydrogens (tertiary/aromatic N) is 1. The molecule has 0 bridgehead atoms. The van der Waals surface area contributed by atoms with Crippen molar-refractivity contribution in [1.82, 2.24) is 10.2 Å². The molecule has 0 aromatic heterocycles. The van der Waals surface area contributed by atoms with E-state index in [0.29, 0.717) is 6.41 Å². The largest absolute Gasteiger partial charge is 0.357 e. The molecule has 1 saturated heterocycles. The van der Waals surface area contributed by atoms with Gasteiger partial charge in [-0.25, -0.2) is 8.78 Å². The van der Waals surface area contributed by atoms with Crippen LogP contribution in [0.3, 0.4) is 0 Å². The average molecular weight is 283 g/mol. The normalized spacial score (nSPS) is 28.3. The standard InChI is InChI=1S/C11H17ClF2N2O2/c1-10(13,14)8-5-11(3-4-12,9(18)15-2)16(6-8)7-17/h7-8H,3-6H2,1-2H3,(H,15,18). The van der Waals surface area contributed by atoms with Crippen LogP contribution in [0.4, 0.5) is 8.78 Å². The number of rotatable bonds is 5. The number of amides is 2. The van der Waals surface area contributed by atoms with Crippen LogP contribution in [-0.2, 0) is 9.59 Å². The molecule has 2 unspecified atom stereocenters. The first-order valence-corrected chi connectivity index (χ1v) is 6.23. The molecule has 104 valence electrons. The van der Waals surface area contributed by atoms with Crippen molar-refractivity contribution in [3.63, 3.8) is 0 Å². The number of alkyl halides is 3. The Bertz CT molecular complexity index is 335. The molecule has 1 heterocycles. The van der Waals surface area contributed by atoms with E-state index in [1.807, 2.05) is 0 Å². The van der Waals surface area contributed by atoms with E-state index in [-0.39, 0.29) is 25.3 Å². The van der Waals surface area contributed by atoms with Gasteiger partial charge in [0.25, 0.3) is 0 Å². The van der Waals surface area contributed by atoms with Crippen molar-refractivity contribution < 1.29 is 18.4 Å². The third-order valence-corrected chi connectivity index (χ3v) is 3.74. The van der Waals surface area contributed by atoms with Crippen LogP contribution in [0.15, 0.2) is 0 Å². The number of carbonyl (C=O) groups is 2. The Hall–Kier alpha value is -0.910. The molecule has 1 fully saturated rings. The molecule has 1 aliphatic heterocycles. The summed E-state index contributed by atoms with van der Waals surface area (Å²) in [5.41, 5.74) is -1.25. The first kappa shape index (κ1) is 15.1. The molecule has 0 aliphatic carbocycles. The van der Waals surface area contributed by atoms with Gasteiger partial charge in [0.15, 0.2) is 0 Å². The predicted octanol–water partition coefficient (Wildman–Crippen LogP) is 1.23. The second kappa shape index (κ2) is 5.38. The number of likely N-dealkylation sites (tertiary alicyclic amines) is 1. The van der Waals surface area contributed by atoms with Gasteiger partial charge < -0.3 is 10.2 Å². The molecule has 0 aromatic rings. The molecule has 18 heavy (non-hydrogen) atoms. The highest BCUT2D eigenvalue weighted by molar-refractivity contribution is 6.18.